The van der Waals surface area contributed by atoms with E-state index in [-0.39, 0.29) is 36.5 Å². The third-order valence-electron chi connectivity index (χ3n) is 8.14. The molecule has 1 fully saturated rings. The summed E-state index contributed by atoms with van der Waals surface area (Å²) < 4.78 is 11.0. The van der Waals surface area contributed by atoms with Gasteiger partial charge in [-0.1, -0.05) is 74.5 Å². The number of rotatable bonds is 18. The fourth-order valence-corrected chi connectivity index (χ4v) is 6.03. The van der Waals surface area contributed by atoms with Crippen molar-refractivity contribution >= 4 is 29.4 Å². The van der Waals surface area contributed by atoms with Gasteiger partial charge in [-0.2, -0.15) is 0 Å². The molecule has 0 saturated carbocycles. The molecule has 0 bridgehead atoms. The number of hydrogen-bond donors (Lipinski definition) is 4. The van der Waals surface area contributed by atoms with Crippen LogP contribution in [0.1, 0.15) is 49.1 Å². The molecule has 4 N–H and O–H groups in total. The van der Waals surface area contributed by atoms with Crippen LogP contribution in [0.15, 0.2) is 72.4 Å². The van der Waals surface area contributed by atoms with Gasteiger partial charge in [-0.3, -0.25) is 14.7 Å². The summed E-state index contributed by atoms with van der Waals surface area (Å²) in [6.45, 7) is 8.32. The number of urea groups is 1. The summed E-state index contributed by atoms with van der Waals surface area (Å²) in [5, 5.41) is 12.1. The lowest BCUT2D eigenvalue weighted by Gasteiger charge is -2.29. The second-order valence-corrected chi connectivity index (χ2v) is 13.6. The van der Waals surface area contributed by atoms with Gasteiger partial charge in [0.1, 0.15) is 12.6 Å². The van der Waals surface area contributed by atoms with Gasteiger partial charge in [-0.25, -0.2) is 9.59 Å². The van der Waals surface area contributed by atoms with E-state index in [1.807, 2.05) is 74.5 Å². The molecular formula is C36H50N6O5S. The minimum atomic E-state index is -0.710. The molecule has 0 radical (unpaired) electrons. The second kappa shape index (κ2) is 20.4. The molecule has 0 aliphatic carbocycles. The molecule has 1 saturated heterocycles. The number of benzene rings is 2. The maximum Gasteiger partial charge on any atom is 0.407 e. The molecule has 260 valence electrons. The van der Waals surface area contributed by atoms with E-state index >= 15 is 0 Å². The van der Waals surface area contributed by atoms with Gasteiger partial charge in [0.25, 0.3) is 0 Å². The average Bonchev–Trinajstić information content (AvgIpc) is 3.62. The van der Waals surface area contributed by atoms with E-state index in [0.717, 1.165) is 29.1 Å². The number of aromatic nitrogens is 1. The summed E-state index contributed by atoms with van der Waals surface area (Å²) in [6.07, 6.45) is 4.09. The van der Waals surface area contributed by atoms with E-state index in [4.69, 9.17) is 9.47 Å². The zero-order valence-corrected chi connectivity index (χ0v) is 28.9. The van der Waals surface area contributed by atoms with E-state index in [9.17, 15) is 14.4 Å². The Morgan fingerprint density at radius 2 is 1.50 bits per heavy atom. The molecule has 1 aromatic heterocycles. The van der Waals surface area contributed by atoms with Crippen molar-refractivity contribution in [3.05, 3.63) is 88.4 Å². The average molecular weight is 679 g/mol. The maximum atomic E-state index is 13.9. The van der Waals surface area contributed by atoms with E-state index in [1.54, 1.807) is 11.7 Å². The molecule has 1 aliphatic heterocycles. The molecule has 12 heteroatoms. The highest BCUT2D eigenvalue weighted by atomic mass is 32.1. The Hall–Kier alpha value is -4.00. The third-order valence-corrected chi connectivity index (χ3v) is 8.89. The van der Waals surface area contributed by atoms with Crippen LogP contribution < -0.4 is 21.3 Å². The molecule has 48 heavy (non-hydrogen) atoms. The number of carbonyl (C=O) groups excluding carboxylic acids is 3. The first-order valence-electron chi connectivity index (χ1n) is 16.9. The highest BCUT2D eigenvalue weighted by molar-refractivity contribution is 7.09. The number of amides is 4. The molecule has 3 atom stereocenters. The van der Waals surface area contributed by atoms with Crippen LogP contribution in [0.5, 0.6) is 0 Å². The molecule has 3 aromatic rings. The summed E-state index contributed by atoms with van der Waals surface area (Å²) in [4.78, 5) is 46.8. The summed E-state index contributed by atoms with van der Waals surface area (Å²) in [6, 6.07) is 18.5. The van der Waals surface area contributed by atoms with E-state index < -0.39 is 12.1 Å². The van der Waals surface area contributed by atoms with Gasteiger partial charge in [-0.05, 0) is 49.1 Å². The topological polar surface area (TPSA) is 134 Å². The predicted molar refractivity (Wildman–Crippen MR) is 188 cm³/mol. The Kier molecular flexibility index (Phi) is 15.6. The van der Waals surface area contributed by atoms with Crippen molar-refractivity contribution in [2.24, 2.45) is 5.92 Å². The Balaban J connectivity index is 1.44. The predicted octanol–water partition coefficient (Wildman–Crippen LogP) is 4.53. The molecule has 0 spiro atoms. The lowest BCUT2D eigenvalue weighted by molar-refractivity contribution is -0.124. The molecule has 2 heterocycles. The van der Waals surface area contributed by atoms with Crippen LogP contribution in [0, 0.1) is 5.92 Å². The van der Waals surface area contributed by atoms with Crippen molar-refractivity contribution in [1.82, 2.24) is 31.2 Å². The van der Waals surface area contributed by atoms with Gasteiger partial charge < -0.3 is 30.7 Å². The first-order valence-corrected chi connectivity index (χ1v) is 17.8. The van der Waals surface area contributed by atoms with Crippen molar-refractivity contribution in [3.63, 3.8) is 0 Å². The summed E-state index contributed by atoms with van der Waals surface area (Å²) in [5.74, 6) is 0.0643. The molecule has 4 amide bonds. The van der Waals surface area contributed by atoms with Crippen LogP contribution in [-0.4, -0.2) is 85.4 Å². The molecule has 4 rings (SSSR count). The van der Waals surface area contributed by atoms with Gasteiger partial charge in [0.05, 0.1) is 23.6 Å². The summed E-state index contributed by atoms with van der Waals surface area (Å²) in [7, 11) is 0. The zero-order chi connectivity index (χ0) is 34.0. The Morgan fingerprint density at radius 1 is 0.875 bits per heavy atom. The van der Waals surface area contributed by atoms with Crippen LogP contribution in [0.4, 0.5) is 9.59 Å². The minimum absolute atomic E-state index is 0.158. The molecule has 0 unspecified atom stereocenters. The second-order valence-electron chi connectivity index (χ2n) is 12.6. The first kappa shape index (κ1) is 36.8. The molecular weight excluding hydrogens is 629 g/mol. The molecule has 2 aromatic carbocycles. The standard InChI is InChI=1S/C36H50N6O5S/c1-27(2)23-38-35(44)41-33(15-16-42-17-19-46-20-18-42)34(43)39-30(21-28-9-5-3-6-10-28)13-14-31(22-29-11-7-4-8-12-29)40-36(45)47-25-32-24-37-26-48-32/h3-12,24,26-27,30-31,33H,13-23,25H2,1-2H3,(H,39,43)(H,40,45)(H2,38,41,44)/t30-,31-,33+/m1/s1. The summed E-state index contributed by atoms with van der Waals surface area (Å²) in [5.41, 5.74) is 3.89. The number of thiazole rings is 1. The van der Waals surface area contributed by atoms with E-state index in [0.29, 0.717) is 58.4 Å². The van der Waals surface area contributed by atoms with Gasteiger partial charge in [0.2, 0.25) is 5.91 Å². The van der Waals surface area contributed by atoms with Gasteiger partial charge >= 0.3 is 12.1 Å². The maximum absolute atomic E-state index is 13.9. The number of nitrogens with one attached hydrogen (secondary N) is 4. The fourth-order valence-electron chi connectivity index (χ4n) is 5.52. The van der Waals surface area contributed by atoms with Crippen molar-refractivity contribution in [2.45, 2.75) is 70.7 Å². The van der Waals surface area contributed by atoms with E-state index in [1.165, 1.54) is 11.3 Å². The van der Waals surface area contributed by atoms with Crippen LogP contribution in [0.2, 0.25) is 0 Å². The quantitative estimate of drug-likeness (QED) is 0.155. The van der Waals surface area contributed by atoms with Crippen LogP contribution in [0.25, 0.3) is 0 Å². The van der Waals surface area contributed by atoms with Gasteiger partial charge in [-0.15, -0.1) is 11.3 Å². The van der Waals surface area contributed by atoms with E-state index in [2.05, 4.69) is 31.2 Å². The largest absolute Gasteiger partial charge is 0.444 e. The van der Waals surface area contributed by atoms with Crippen molar-refractivity contribution < 1.29 is 23.9 Å². The summed E-state index contributed by atoms with van der Waals surface area (Å²) >= 11 is 1.43. The number of ether oxygens (including phenoxy) is 2. The zero-order valence-electron chi connectivity index (χ0n) is 28.1. The highest BCUT2D eigenvalue weighted by Crippen LogP contribution is 2.15. The number of alkyl carbamates (subject to hydrolysis) is 1. The number of carbonyl (C=O) groups is 3. The lowest BCUT2D eigenvalue weighted by Crippen LogP contribution is -2.54. The normalized spacial score (nSPS) is 15.2. The number of hydrogen-bond acceptors (Lipinski definition) is 8. The van der Waals surface area contributed by atoms with Crippen LogP contribution in [-0.2, 0) is 33.7 Å². The minimum Gasteiger partial charge on any atom is -0.444 e. The third kappa shape index (κ3) is 14.0. The monoisotopic (exact) mass is 678 g/mol. The smallest absolute Gasteiger partial charge is 0.407 e. The Morgan fingerprint density at radius 3 is 2.08 bits per heavy atom. The lowest BCUT2D eigenvalue weighted by atomic mass is 9.95. The highest BCUT2D eigenvalue weighted by Gasteiger charge is 2.26. The Bertz CT molecular complexity index is 1360. The Labute approximate surface area is 288 Å². The van der Waals surface area contributed by atoms with Gasteiger partial charge in [0, 0.05) is 44.5 Å². The van der Waals surface area contributed by atoms with Crippen molar-refractivity contribution in [3.8, 4) is 0 Å². The first-order chi connectivity index (χ1) is 23.3. The van der Waals surface area contributed by atoms with Crippen LogP contribution in [0.3, 0.4) is 0 Å². The fraction of sp³-hybridized carbons (Fsp3) is 0.500. The molecule has 11 nitrogen and oxygen atoms in total. The van der Waals surface area contributed by atoms with Crippen LogP contribution >= 0.6 is 11.3 Å². The SMILES string of the molecule is CC(C)CNC(=O)N[C@@H](CCN1CCOCC1)C(=O)N[C@H](CC[C@H](Cc1ccccc1)NC(=O)OCc1cncs1)Cc1ccccc1. The van der Waals surface area contributed by atoms with Crippen molar-refractivity contribution in [2.75, 3.05) is 39.4 Å². The van der Waals surface area contributed by atoms with Gasteiger partial charge in [0.15, 0.2) is 0 Å². The molecule has 1 aliphatic rings. The number of nitrogens with zero attached hydrogens (tertiary/aromatic N) is 2. The van der Waals surface area contributed by atoms with Crippen molar-refractivity contribution in [1.29, 1.82) is 0 Å². The number of morpholine rings is 1.